The van der Waals surface area contributed by atoms with Gasteiger partial charge in [0.05, 0.1) is 23.4 Å². The molecule has 0 aliphatic heterocycles. The lowest BCUT2D eigenvalue weighted by Gasteiger charge is -2.11. The second-order valence-corrected chi connectivity index (χ2v) is 9.05. The smallest absolute Gasteiger partial charge is 0.150 e. The van der Waals surface area contributed by atoms with Crippen molar-refractivity contribution in [1.82, 2.24) is 0 Å². The first-order valence-electron chi connectivity index (χ1n) is 10.0. The van der Waals surface area contributed by atoms with E-state index in [9.17, 15) is 14.6 Å². The summed E-state index contributed by atoms with van der Waals surface area (Å²) in [6, 6.07) is 21.0. The predicted octanol–water partition coefficient (Wildman–Crippen LogP) is 6.01. The summed E-state index contributed by atoms with van der Waals surface area (Å²) in [7, 11) is 0. The number of rotatable bonds is 9. The summed E-state index contributed by atoms with van der Waals surface area (Å²) >= 11 is 5.39. The van der Waals surface area contributed by atoms with Crippen molar-refractivity contribution in [2.45, 2.75) is 6.42 Å². The van der Waals surface area contributed by atoms with Crippen molar-refractivity contribution in [3.8, 4) is 22.9 Å². The molecule has 0 aromatic heterocycles. The standard InChI is InChI=1S/C26H22ClNO3S/c1-32(30)14-6-13-31-26-16-21(22(18-29)15-25(26)27)12-11-20-9-5-10-23(24(20)17-28)19-7-3-2-4-8-19/h2-5,7-12,15-16,18H,6,13-14H2,1H3/b12-11+. The van der Waals surface area contributed by atoms with Gasteiger partial charge < -0.3 is 9.29 Å². The summed E-state index contributed by atoms with van der Waals surface area (Å²) in [6.07, 6.45) is 6.61. The quantitative estimate of drug-likeness (QED) is 0.168. The summed E-state index contributed by atoms with van der Waals surface area (Å²) < 4.78 is 16.9. The Bertz CT molecular complexity index is 1150. The van der Waals surface area contributed by atoms with Crippen molar-refractivity contribution < 1.29 is 14.1 Å². The van der Waals surface area contributed by atoms with Gasteiger partial charge >= 0.3 is 0 Å². The Morgan fingerprint density at radius 2 is 1.81 bits per heavy atom. The molecule has 0 N–H and O–H groups in total. The van der Waals surface area contributed by atoms with Crippen LogP contribution in [-0.2, 0) is 11.2 Å². The first-order valence-corrected chi connectivity index (χ1v) is 12.1. The highest BCUT2D eigenvalue weighted by molar-refractivity contribution is 7.90. The third-order valence-corrected chi connectivity index (χ3v) is 5.99. The second kappa shape index (κ2) is 11.5. The monoisotopic (exact) mass is 463 g/mol. The minimum absolute atomic E-state index is 0.339. The van der Waals surface area contributed by atoms with E-state index in [1.165, 1.54) is 0 Å². The highest BCUT2D eigenvalue weighted by atomic mass is 35.5. The van der Waals surface area contributed by atoms with Crippen molar-refractivity contribution in [3.63, 3.8) is 0 Å². The molecule has 1 atom stereocenters. The van der Waals surface area contributed by atoms with Gasteiger partial charge in [0.2, 0.25) is 0 Å². The van der Waals surface area contributed by atoms with Gasteiger partial charge in [-0.15, -0.1) is 0 Å². The molecule has 0 fully saturated rings. The van der Waals surface area contributed by atoms with Crippen LogP contribution in [0.5, 0.6) is 5.75 Å². The molecule has 3 rings (SSSR count). The highest BCUT2D eigenvalue weighted by Crippen LogP contribution is 2.30. The van der Waals surface area contributed by atoms with E-state index in [1.54, 1.807) is 24.5 Å². The maximum atomic E-state index is 11.6. The third kappa shape index (κ3) is 6.02. The third-order valence-electron chi connectivity index (χ3n) is 4.83. The van der Waals surface area contributed by atoms with Gasteiger partial charge in [-0.3, -0.25) is 4.79 Å². The first kappa shape index (κ1) is 23.6. The average Bonchev–Trinajstić information content (AvgIpc) is 2.81. The molecule has 0 aliphatic carbocycles. The van der Waals surface area contributed by atoms with E-state index in [0.717, 1.165) is 23.0 Å². The Hall–Kier alpha value is -3.04. The molecular formula is C26H22ClNO3S. The Kier molecular flexibility index (Phi) is 8.52. The number of hydrogen-bond acceptors (Lipinski definition) is 4. The molecule has 0 bridgehead atoms. The topological polar surface area (TPSA) is 73.2 Å². The number of carbonyl (C=O) groups is 1. The van der Waals surface area contributed by atoms with Crippen molar-refractivity contribution in [2.75, 3.05) is 18.6 Å². The fourth-order valence-electron chi connectivity index (χ4n) is 3.26. The number of carbonyl (C=O) groups excluding carboxylic acids is 1. The van der Waals surface area contributed by atoms with Crippen molar-refractivity contribution >= 4 is 41.2 Å². The molecule has 1 unspecified atom stereocenters. The van der Waals surface area contributed by atoms with Gasteiger partial charge in [0, 0.05) is 17.5 Å². The number of halogens is 1. The van der Waals surface area contributed by atoms with Gasteiger partial charge in [-0.25, -0.2) is 0 Å². The van der Waals surface area contributed by atoms with Crippen molar-refractivity contribution in [2.24, 2.45) is 0 Å². The van der Waals surface area contributed by atoms with E-state index in [2.05, 4.69) is 6.07 Å². The highest BCUT2D eigenvalue weighted by Gasteiger charge is 2.11. The molecule has 4 nitrogen and oxygen atoms in total. The van der Waals surface area contributed by atoms with E-state index in [1.807, 2.05) is 54.6 Å². The molecule has 0 radical (unpaired) electrons. The molecule has 0 spiro atoms. The Balaban J connectivity index is 1.91. The molecule has 6 heteroatoms. The minimum atomic E-state index is -0.879. The number of ether oxygens (including phenoxy) is 1. The lowest BCUT2D eigenvalue weighted by molar-refractivity contribution is 0.112. The summed E-state index contributed by atoms with van der Waals surface area (Å²) in [5.41, 5.74) is 4.16. The van der Waals surface area contributed by atoms with Crippen LogP contribution in [0.4, 0.5) is 0 Å². The normalized spacial score (nSPS) is 11.8. The maximum absolute atomic E-state index is 11.6. The molecule has 162 valence electrons. The minimum Gasteiger partial charge on any atom is -0.617 e. The second-order valence-electron chi connectivity index (χ2n) is 7.09. The van der Waals surface area contributed by atoms with Crippen LogP contribution in [0.15, 0.2) is 60.7 Å². The summed E-state index contributed by atoms with van der Waals surface area (Å²) in [6.45, 7) is 0.376. The Morgan fingerprint density at radius 3 is 2.50 bits per heavy atom. The van der Waals surface area contributed by atoms with Crippen LogP contribution >= 0.6 is 11.6 Å². The molecule has 0 aliphatic rings. The zero-order chi connectivity index (χ0) is 22.9. The fraction of sp³-hybridized carbons (Fsp3) is 0.154. The summed E-state index contributed by atoms with van der Waals surface area (Å²) in [5.74, 6) is 1.00. The van der Waals surface area contributed by atoms with Gasteiger partial charge in [-0.1, -0.05) is 83.5 Å². The largest absolute Gasteiger partial charge is 0.617 e. The van der Waals surface area contributed by atoms with Crippen LogP contribution in [0.25, 0.3) is 23.3 Å². The number of aldehydes is 1. The van der Waals surface area contributed by atoms with Gasteiger partial charge in [0.25, 0.3) is 0 Å². The number of nitriles is 1. The molecule has 3 aromatic rings. The van der Waals surface area contributed by atoms with Gasteiger partial charge in [-0.05, 0) is 28.8 Å². The van der Waals surface area contributed by atoms with E-state index >= 15 is 0 Å². The molecule has 0 heterocycles. The van der Waals surface area contributed by atoms with Crippen LogP contribution < -0.4 is 4.74 Å². The van der Waals surface area contributed by atoms with Crippen LogP contribution in [0.3, 0.4) is 0 Å². The number of benzene rings is 3. The molecule has 0 amide bonds. The van der Waals surface area contributed by atoms with Gasteiger partial charge in [0.15, 0.2) is 6.29 Å². The molecule has 32 heavy (non-hydrogen) atoms. The van der Waals surface area contributed by atoms with Gasteiger partial charge in [0.1, 0.15) is 17.6 Å². The van der Waals surface area contributed by atoms with E-state index in [4.69, 9.17) is 16.3 Å². The van der Waals surface area contributed by atoms with Crippen LogP contribution in [0.2, 0.25) is 5.02 Å². The van der Waals surface area contributed by atoms with E-state index in [-0.39, 0.29) is 0 Å². The summed E-state index contributed by atoms with van der Waals surface area (Å²) in [4.78, 5) is 11.6. The lowest BCUT2D eigenvalue weighted by Crippen LogP contribution is -2.08. The number of hydrogen-bond donors (Lipinski definition) is 0. The maximum Gasteiger partial charge on any atom is 0.150 e. The molecular weight excluding hydrogens is 442 g/mol. The van der Waals surface area contributed by atoms with Gasteiger partial charge in [-0.2, -0.15) is 5.26 Å². The van der Waals surface area contributed by atoms with E-state index in [0.29, 0.717) is 46.2 Å². The average molecular weight is 464 g/mol. The first-order chi connectivity index (χ1) is 15.5. The van der Waals surface area contributed by atoms with Crippen molar-refractivity contribution in [3.05, 3.63) is 87.9 Å². The zero-order valence-corrected chi connectivity index (χ0v) is 19.2. The lowest BCUT2D eigenvalue weighted by atomic mass is 9.95. The molecule has 0 saturated carbocycles. The van der Waals surface area contributed by atoms with E-state index < -0.39 is 11.2 Å². The zero-order valence-electron chi connectivity index (χ0n) is 17.6. The molecule has 3 aromatic carbocycles. The number of nitrogens with zero attached hydrogens (tertiary/aromatic N) is 1. The Morgan fingerprint density at radius 1 is 1.06 bits per heavy atom. The SMILES string of the molecule is C[S+]([O-])CCCOc1cc(/C=C/c2cccc(-c3ccccc3)c2C#N)c(C=O)cc1Cl. The predicted molar refractivity (Wildman–Crippen MR) is 131 cm³/mol. The van der Waals surface area contributed by atoms with Crippen LogP contribution in [0.1, 0.15) is 33.5 Å². The Labute approximate surface area is 196 Å². The van der Waals surface area contributed by atoms with Crippen LogP contribution in [0, 0.1) is 11.3 Å². The summed E-state index contributed by atoms with van der Waals surface area (Å²) in [5, 5.41) is 10.1. The fourth-order valence-corrected chi connectivity index (χ4v) is 4.01. The van der Waals surface area contributed by atoms with Crippen molar-refractivity contribution in [1.29, 1.82) is 5.26 Å². The molecule has 0 saturated heterocycles. The van der Waals surface area contributed by atoms with Crippen LogP contribution in [-0.4, -0.2) is 29.5 Å².